The first-order valence-corrected chi connectivity index (χ1v) is 6.64. The molecule has 0 spiro atoms. The van der Waals surface area contributed by atoms with Crippen LogP contribution in [0.25, 0.3) is 0 Å². The van der Waals surface area contributed by atoms with Crippen LogP contribution >= 0.6 is 23.2 Å². The van der Waals surface area contributed by atoms with Crippen molar-refractivity contribution in [1.29, 1.82) is 0 Å². The summed E-state index contributed by atoms with van der Waals surface area (Å²) in [5.41, 5.74) is 6.48. The molecule has 0 aliphatic carbocycles. The predicted octanol–water partition coefficient (Wildman–Crippen LogP) is 3.73. The molecule has 0 saturated heterocycles. The number of nitrogens with one attached hydrogen (secondary N) is 1. The van der Waals surface area contributed by atoms with Gasteiger partial charge in [-0.05, 0) is 30.3 Å². The van der Waals surface area contributed by atoms with Gasteiger partial charge in [-0.1, -0.05) is 23.2 Å². The molecule has 0 bridgehead atoms. The van der Waals surface area contributed by atoms with E-state index in [9.17, 15) is 9.18 Å². The van der Waals surface area contributed by atoms with E-state index in [1.54, 1.807) is 12.1 Å². The second-order valence-electron chi connectivity index (χ2n) is 4.15. The number of hydrogen-bond donors (Lipinski definition) is 2. The average Bonchev–Trinajstić information content (AvgIpc) is 2.43. The van der Waals surface area contributed by atoms with Crippen molar-refractivity contribution in [2.24, 2.45) is 0 Å². The molecule has 2 aromatic carbocycles. The molecule has 7 heteroatoms. The van der Waals surface area contributed by atoms with Crippen LogP contribution in [0.2, 0.25) is 10.0 Å². The molecule has 0 saturated carbocycles. The summed E-state index contributed by atoms with van der Waals surface area (Å²) in [6.45, 7) is -0.261. The van der Waals surface area contributed by atoms with Crippen LogP contribution in [0.4, 0.5) is 15.8 Å². The minimum Gasteiger partial charge on any atom is -0.484 e. The van der Waals surface area contributed by atoms with Gasteiger partial charge >= 0.3 is 0 Å². The summed E-state index contributed by atoms with van der Waals surface area (Å²) in [5.74, 6) is -0.677. The van der Waals surface area contributed by atoms with E-state index in [1.165, 1.54) is 18.2 Å². The second kappa shape index (κ2) is 6.65. The third kappa shape index (κ3) is 4.24. The zero-order valence-corrected chi connectivity index (χ0v) is 12.2. The van der Waals surface area contributed by atoms with Gasteiger partial charge in [-0.3, -0.25) is 4.79 Å². The van der Waals surface area contributed by atoms with E-state index in [2.05, 4.69) is 5.32 Å². The quantitative estimate of drug-likeness (QED) is 0.840. The van der Waals surface area contributed by atoms with Crippen molar-refractivity contribution >= 4 is 40.5 Å². The Hall–Kier alpha value is -1.98. The topological polar surface area (TPSA) is 64.3 Å². The molecule has 21 heavy (non-hydrogen) atoms. The third-order valence-electron chi connectivity index (χ3n) is 2.53. The zero-order chi connectivity index (χ0) is 15.4. The summed E-state index contributed by atoms with van der Waals surface area (Å²) < 4.78 is 18.2. The molecule has 0 fully saturated rings. The highest BCUT2D eigenvalue weighted by Gasteiger charge is 2.08. The molecule has 3 N–H and O–H groups in total. The molecule has 0 radical (unpaired) electrons. The number of ether oxygens (including phenoxy) is 1. The van der Waals surface area contributed by atoms with Crippen LogP contribution in [0.3, 0.4) is 0 Å². The Balaban J connectivity index is 1.94. The van der Waals surface area contributed by atoms with Crippen molar-refractivity contribution < 1.29 is 13.9 Å². The number of nitrogens with two attached hydrogens (primary N) is 1. The molecule has 110 valence electrons. The summed E-state index contributed by atoms with van der Waals surface area (Å²) in [6, 6.07) is 8.56. The number of carbonyl (C=O) groups is 1. The highest BCUT2D eigenvalue weighted by molar-refractivity contribution is 6.34. The minimum absolute atomic E-state index is 0.0745. The number of hydrogen-bond acceptors (Lipinski definition) is 3. The van der Waals surface area contributed by atoms with Gasteiger partial charge < -0.3 is 15.8 Å². The van der Waals surface area contributed by atoms with E-state index in [4.69, 9.17) is 33.7 Å². The molecular formula is C14H11Cl2FN2O2. The van der Waals surface area contributed by atoms with Gasteiger partial charge in [0.25, 0.3) is 5.91 Å². The minimum atomic E-state index is -0.554. The number of nitrogen functional groups attached to an aromatic ring is 1. The Morgan fingerprint density at radius 1 is 1.19 bits per heavy atom. The van der Waals surface area contributed by atoms with Crippen LogP contribution in [0.15, 0.2) is 36.4 Å². The molecule has 1 amide bonds. The maximum atomic E-state index is 13.0. The number of carbonyl (C=O) groups excluding carboxylic acids is 1. The van der Waals surface area contributed by atoms with Crippen LogP contribution in [0, 0.1) is 5.82 Å². The molecule has 0 heterocycles. The highest BCUT2D eigenvalue weighted by atomic mass is 35.5. The van der Waals surface area contributed by atoms with Gasteiger partial charge in [-0.15, -0.1) is 0 Å². The first kappa shape index (κ1) is 15.4. The maximum Gasteiger partial charge on any atom is 0.262 e. The fourth-order valence-corrected chi connectivity index (χ4v) is 1.94. The van der Waals surface area contributed by atoms with E-state index >= 15 is 0 Å². The summed E-state index contributed by atoms with van der Waals surface area (Å²) in [5, 5.41) is 2.83. The molecule has 0 atom stereocenters. The van der Waals surface area contributed by atoms with Gasteiger partial charge in [0.05, 0.1) is 15.7 Å². The normalized spacial score (nSPS) is 10.2. The molecule has 2 rings (SSSR count). The third-order valence-corrected chi connectivity index (χ3v) is 3.13. The van der Waals surface area contributed by atoms with Crippen LogP contribution in [0.5, 0.6) is 5.75 Å². The lowest BCUT2D eigenvalue weighted by molar-refractivity contribution is -0.118. The van der Waals surface area contributed by atoms with Crippen LogP contribution in [-0.4, -0.2) is 12.5 Å². The maximum absolute atomic E-state index is 13.0. The highest BCUT2D eigenvalue weighted by Crippen LogP contribution is 2.24. The van der Waals surface area contributed by atoms with E-state index < -0.39 is 11.7 Å². The molecule has 4 nitrogen and oxygen atoms in total. The summed E-state index contributed by atoms with van der Waals surface area (Å²) in [4.78, 5) is 11.7. The van der Waals surface area contributed by atoms with Crippen molar-refractivity contribution in [1.82, 2.24) is 0 Å². The summed E-state index contributed by atoms with van der Waals surface area (Å²) in [6.07, 6.45) is 0. The van der Waals surface area contributed by atoms with Gasteiger partial charge in [-0.25, -0.2) is 4.39 Å². The van der Waals surface area contributed by atoms with E-state index in [0.717, 1.165) is 6.07 Å². The SMILES string of the molecule is Nc1ccc(NC(=O)COc2ccc(F)c(Cl)c2)c(Cl)c1. The number of halogens is 3. The summed E-state index contributed by atoms with van der Waals surface area (Å²) >= 11 is 11.5. The number of benzene rings is 2. The molecule has 0 aliphatic heterocycles. The molecule has 0 unspecified atom stereocenters. The fraction of sp³-hybridized carbons (Fsp3) is 0.0714. The lowest BCUT2D eigenvalue weighted by Crippen LogP contribution is -2.20. The number of rotatable bonds is 4. The second-order valence-corrected chi connectivity index (χ2v) is 4.97. The summed E-state index contributed by atoms with van der Waals surface area (Å²) in [7, 11) is 0. The van der Waals surface area contributed by atoms with E-state index in [1.807, 2.05) is 0 Å². The van der Waals surface area contributed by atoms with Crippen molar-refractivity contribution in [3.05, 3.63) is 52.3 Å². The van der Waals surface area contributed by atoms with Gasteiger partial charge in [-0.2, -0.15) is 0 Å². The largest absolute Gasteiger partial charge is 0.484 e. The lowest BCUT2D eigenvalue weighted by atomic mass is 10.3. The monoisotopic (exact) mass is 328 g/mol. The van der Waals surface area contributed by atoms with Crippen molar-refractivity contribution in [2.75, 3.05) is 17.7 Å². The zero-order valence-electron chi connectivity index (χ0n) is 10.7. The Morgan fingerprint density at radius 3 is 2.62 bits per heavy atom. The average molecular weight is 329 g/mol. The van der Waals surface area contributed by atoms with E-state index in [-0.39, 0.29) is 11.6 Å². The Labute approximate surface area is 130 Å². The van der Waals surface area contributed by atoms with E-state index in [0.29, 0.717) is 22.1 Å². The van der Waals surface area contributed by atoms with Crippen LogP contribution < -0.4 is 15.8 Å². The van der Waals surface area contributed by atoms with Crippen LogP contribution in [-0.2, 0) is 4.79 Å². The van der Waals surface area contributed by atoms with Crippen molar-refractivity contribution in [2.45, 2.75) is 0 Å². The number of anilines is 2. The molecule has 2 aromatic rings. The first-order chi connectivity index (χ1) is 9.95. The Bertz CT molecular complexity index is 680. The standard InChI is InChI=1S/C14H11Cl2FN2O2/c15-10-6-9(2-3-12(10)17)21-7-14(20)19-13-4-1-8(18)5-11(13)16/h1-6H,7,18H2,(H,19,20). The van der Waals surface area contributed by atoms with Gasteiger partial charge in [0.2, 0.25) is 0 Å². The Morgan fingerprint density at radius 2 is 1.95 bits per heavy atom. The smallest absolute Gasteiger partial charge is 0.262 e. The Kier molecular flexibility index (Phi) is 4.88. The molecule has 0 aromatic heterocycles. The first-order valence-electron chi connectivity index (χ1n) is 5.88. The van der Waals surface area contributed by atoms with Crippen molar-refractivity contribution in [3.8, 4) is 5.75 Å². The van der Waals surface area contributed by atoms with Gasteiger partial charge in [0.1, 0.15) is 11.6 Å². The molecule has 0 aliphatic rings. The van der Waals surface area contributed by atoms with Gasteiger partial charge in [0, 0.05) is 11.8 Å². The fourth-order valence-electron chi connectivity index (χ4n) is 1.53. The molecular weight excluding hydrogens is 318 g/mol. The predicted molar refractivity (Wildman–Crippen MR) is 81.4 cm³/mol. The van der Waals surface area contributed by atoms with Gasteiger partial charge in [0.15, 0.2) is 6.61 Å². The van der Waals surface area contributed by atoms with Crippen LogP contribution in [0.1, 0.15) is 0 Å². The number of amides is 1. The van der Waals surface area contributed by atoms with Crippen molar-refractivity contribution in [3.63, 3.8) is 0 Å². The lowest BCUT2D eigenvalue weighted by Gasteiger charge is -2.09.